The van der Waals surface area contributed by atoms with E-state index in [2.05, 4.69) is 18.8 Å². The van der Waals surface area contributed by atoms with Crippen LogP contribution in [0.5, 0.6) is 0 Å². The zero-order valence-electron chi connectivity index (χ0n) is 11.3. The highest BCUT2D eigenvalue weighted by Gasteiger charge is 2.17. The maximum Gasteiger partial charge on any atom is 0.358 e. The third-order valence-corrected chi connectivity index (χ3v) is 3.34. The van der Waals surface area contributed by atoms with Crippen LogP contribution < -0.4 is 0 Å². The molecule has 1 aromatic carbocycles. The topological polar surface area (TPSA) is 63.3 Å². The highest BCUT2D eigenvalue weighted by molar-refractivity contribution is 5.87. The molecule has 2 aromatic rings. The Labute approximate surface area is 112 Å². The van der Waals surface area contributed by atoms with Crippen LogP contribution in [-0.2, 0) is 0 Å². The summed E-state index contributed by atoms with van der Waals surface area (Å²) in [6, 6.07) is 7.89. The van der Waals surface area contributed by atoms with E-state index >= 15 is 0 Å². The predicted octanol–water partition coefficient (Wildman–Crippen LogP) is 3.86. The fourth-order valence-corrected chi connectivity index (χ4v) is 1.91. The van der Waals surface area contributed by atoms with Gasteiger partial charge in [-0.05, 0) is 37.0 Å². The van der Waals surface area contributed by atoms with Crippen LogP contribution in [0, 0.1) is 6.92 Å². The smallest absolute Gasteiger partial charge is 0.358 e. The molecule has 0 aliphatic heterocycles. The summed E-state index contributed by atoms with van der Waals surface area (Å²) in [5.41, 5.74) is 2.02. The first kappa shape index (κ1) is 13.3. The molecule has 4 heteroatoms. The number of aromatic carboxylic acids is 1. The Morgan fingerprint density at radius 1 is 1.37 bits per heavy atom. The maximum atomic E-state index is 10.9. The van der Waals surface area contributed by atoms with Crippen molar-refractivity contribution in [1.29, 1.82) is 0 Å². The fraction of sp³-hybridized carbons (Fsp3) is 0.333. The molecule has 1 N–H and O–H groups in total. The number of oxazole rings is 1. The van der Waals surface area contributed by atoms with E-state index in [0.29, 0.717) is 17.6 Å². The lowest BCUT2D eigenvalue weighted by molar-refractivity contribution is 0.0689. The molecule has 1 heterocycles. The summed E-state index contributed by atoms with van der Waals surface area (Å²) in [5, 5.41) is 8.95. The van der Waals surface area contributed by atoms with E-state index in [1.807, 2.05) is 24.3 Å². The van der Waals surface area contributed by atoms with Crippen molar-refractivity contribution < 1.29 is 14.3 Å². The lowest BCUT2D eigenvalue weighted by atomic mass is 9.98. The predicted molar refractivity (Wildman–Crippen MR) is 72.3 cm³/mol. The van der Waals surface area contributed by atoms with Gasteiger partial charge in [-0.15, -0.1) is 0 Å². The highest BCUT2D eigenvalue weighted by atomic mass is 16.4. The van der Waals surface area contributed by atoms with Crippen LogP contribution in [0.2, 0.25) is 0 Å². The summed E-state index contributed by atoms with van der Waals surface area (Å²) in [4.78, 5) is 14.9. The fourth-order valence-electron chi connectivity index (χ4n) is 1.91. The second-order valence-electron chi connectivity index (χ2n) is 4.66. The van der Waals surface area contributed by atoms with E-state index in [1.165, 1.54) is 5.56 Å². The van der Waals surface area contributed by atoms with Gasteiger partial charge in [0, 0.05) is 5.56 Å². The Morgan fingerprint density at radius 3 is 2.47 bits per heavy atom. The summed E-state index contributed by atoms with van der Waals surface area (Å²) in [5.74, 6) is 0.123. The number of nitrogens with zero attached hydrogens (tertiary/aromatic N) is 1. The number of carboxylic acid groups (broad SMARTS) is 1. The number of carbonyl (C=O) groups is 1. The molecular formula is C15H17NO3. The van der Waals surface area contributed by atoms with Crippen molar-refractivity contribution in [3.8, 4) is 11.5 Å². The van der Waals surface area contributed by atoms with Gasteiger partial charge in [0.05, 0.1) is 0 Å². The Kier molecular flexibility index (Phi) is 3.69. The van der Waals surface area contributed by atoms with Gasteiger partial charge in [-0.1, -0.05) is 26.0 Å². The number of rotatable bonds is 4. The molecule has 0 saturated heterocycles. The van der Waals surface area contributed by atoms with Gasteiger partial charge in [-0.2, -0.15) is 0 Å². The van der Waals surface area contributed by atoms with E-state index in [0.717, 1.165) is 12.0 Å². The summed E-state index contributed by atoms with van der Waals surface area (Å²) >= 11 is 0. The van der Waals surface area contributed by atoms with Crippen molar-refractivity contribution in [3.05, 3.63) is 41.3 Å². The zero-order valence-corrected chi connectivity index (χ0v) is 11.3. The van der Waals surface area contributed by atoms with Crippen molar-refractivity contribution in [2.45, 2.75) is 33.1 Å². The van der Waals surface area contributed by atoms with Crippen LogP contribution in [-0.4, -0.2) is 16.1 Å². The largest absolute Gasteiger partial charge is 0.476 e. The van der Waals surface area contributed by atoms with Gasteiger partial charge < -0.3 is 9.52 Å². The number of hydrogen-bond acceptors (Lipinski definition) is 3. The van der Waals surface area contributed by atoms with Gasteiger partial charge in [0.15, 0.2) is 5.69 Å². The minimum atomic E-state index is -1.07. The van der Waals surface area contributed by atoms with E-state index in [4.69, 9.17) is 9.52 Å². The quantitative estimate of drug-likeness (QED) is 0.905. The van der Waals surface area contributed by atoms with Crippen LogP contribution in [0.25, 0.3) is 11.5 Å². The minimum Gasteiger partial charge on any atom is -0.476 e. The standard InChI is InChI=1S/C15H17NO3/c1-4-9(2)11-5-7-12(8-6-11)14-16-13(15(17)18)10(3)19-14/h5-9H,4H2,1-3H3,(H,17,18). The van der Waals surface area contributed by atoms with Crippen LogP contribution in [0.3, 0.4) is 0 Å². The van der Waals surface area contributed by atoms with Gasteiger partial charge >= 0.3 is 5.97 Å². The Hall–Kier alpha value is -2.10. The monoisotopic (exact) mass is 259 g/mol. The van der Waals surface area contributed by atoms with Crippen LogP contribution in [0.1, 0.15) is 48.0 Å². The average molecular weight is 259 g/mol. The second-order valence-corrected chi connectivity index (χ2v) is 4.66. The lowest BCUT2D eigenvalue weighted by Gasteiger charge is -2.08. The molecule has 2 rings (SSSR count). The number of aromatic nitrogens is 1. The van der Waals surface area contributed by atoms with Gasteiger partial charge in [0.25, 0.3) is 0 Å². The first-order chi connectivity index (χ1) is 9.02. The third-order valence-electron chi connectivity index (χ3n) is 3.34. The zero-order chi connectivity index (χ0) is 14.0. The molecule has 0 aliphatic rings. The van der Waals surface area contributed by atoms with Crippen molar-refractivity contribution in [2.24, 2.45) is 0 Å². The maximum absolute atomic E-state index is 10.9. The molecule has 0 spiro atoms. The van der Waals surface area contributed by atoms with E-state index in [-0.39, 0.29) is 5.69 Å². The highest BCUT2D eigenvalue weighted by Crippen LogP contribution is 2.25. The van der Waals surface area contributed by atoms with Crippen LogP contribution >= 0.6 is 0 Å². The Bertz CT molecular complexity index is 584. The van der Waals surface area contributed by atoms with Crippen molar-refractivity contribution in [2.75, 3.05) is 0 Å². The molecule has 1 atom stereocenters. The van der Waals surface area contributed by atoms with Gasteiger partial charge in [0.2, 0.25) is 5.89 Å². The number of benzene rings is 1. The van der Waals surface area contributed by atoms with Crippen molar-refractivity contribution in [1.82, 2.24) is 4.98 Å². The number of hydrogen-bond donors (Lipinski definition) is 1. The summed E-state index contributed by atoms with van der Waals surface area (Å²) in [7, 11) is 0. The average Bonchev–Trinajstić information content (AvgIpc) is 2.80. The van der Waals surface area contributed by atoms with Gasteiger partial charge in [-0.3, -0.25) is 0 Å². The van der Waals surface area contributed by atoms with E-state index in [1.54, 1.807) is 6.92 Å². The first-order valence-electron chi connectivity index (χ1n) is 6.34. The Morgan fingerprint density at radius 2 is 2.00 bits per heavy atom. The van der Waals surface area contributed by atoms with Crippen molar-refractivity contribution >= 4 is 5.97 Å². The molecule has 1 aromatic heterocycles. The first-order valence-corrected chi connectivity index (χ1v) is 6.34. The molecule has 19 heavy (non-hydrogen) atoms. The Balaban J connectivity index is 2.32. The summed E-state index contributed by atoms with van der Waals surface area (Å²) in [6.07, 6.45) is 1.08. The number of aryl methyl sites for hydroxylation is 1. The molecule has 1 unspecified atom stereocenters. The summed E-state index contributed by atoms with van der Waals surface area (Å²) in [6.45, 7) is 5.93. The molecule has 0 fully saturated rings. The molecule has 100 valence electrons. The number of carboxylic acids is 1. The van der Waals surface area contributed by atoms with Gasteiger partial charge in [-0.25, -0.2) is 9.78 Å². The van der Waals surface area contributed by atoms with Gasteiger partial charge in [0.1, 0.15) is 5.76 Å². The minimum absolute atomic E-state index is 0.0268. The lowest BCUT2D eigenvalue weighted by Crippen LogP contribution is -1.98. The molecular weight excluding hydrogens is 242 g/mol. The van der Waals surface area contributed by atoms with Crippen LogP contribution in [0.4, 0.5) is 0 Å². The summed E-state index contributed by atoms with van der Waals surface area (Å²) < 4.78 is 5.40. The van der Waals surface area contributed by atoms with Crippen LogP contribution in [0.15, 0.2) is 28.7 Å². The molecule has 0 aliphatic carbocycles. The second kappa shape index (κ2) is 5.26. The molecule has 0 radical (unpaired) electrons. The van der Waals surface area contributed by atoms with E-state index < -0.39 is 5.97 Å². The SMILES string of the molecule is CCC(C)c1ccc(-c2nc(C(=O)O)c(C)o2)cc1. The van der Waals surface area contributed by atoms with E-state index in [9.17, 15) is 4.79 Å². The van der Waals surface area contributed by atoms with Crippen molar-refractivity contribution in [3.63, 3.8) is 0 Å². The molecule has 0 saturated carbocycles. The third kappa shape index (κ3) is 2.67. The molecule has 0 amide bonds. The molecule has 0 bridgehead atoms. The normalized spacial score (nSPS) is 12.4. The molecule has 4 nitrogen and oxygen atoms in total.